The number of benzene rings is 5. The lowest BCUT2D eigenvalue weighted by Crippen LogP contribution is -2.37. The number of rotatable bonds is 9. The van der Waals surface area contributed by atoms with Crippen LogP contribution >= 0.6 is 0 Å². The van der Waals surface area contributed by atoms with Crippen LogP contribution in [0.25, 0.3) is 28.0 Å². The van der Waals surface area contributed by atoms with Crippen molar-refractivity contribution >= 4 is 22.5 Å². The Morgan fingerprint density at radius 1 is 0.712 bits per heavy atom. The molecule has 2 aliphatic heterocycles. The van der Waals surface area contributed by atoms with E-state index in [9.17, 15) is 5.11 Å². The molecule has 2 atom stereocenters. The average Bonchev–Trinajstić information content (AvgIpc) is 3.47. The molecule has 2 heterocycles. The first-order valence-corrected chi connectivity index (χ1v) is 17.6. The highest BCUT2D eigenvalue weighted by molar-refractivity contribution is 6.09. The smallest absolute Gasteiger partial charge is 0.178 e. The molecule has 52 heavy (non-hydrogen) atoms. The summed E-state index contributed by atoms with van der Waals surface area (Å²) in [5.41, 5.74) is 4.66. The maximum atomic E-state index is 12.8. The van der Waals surface area contributed by atoms with E-state index in [0.717, 1.165) is 74.2 Å². The number of anilines is 1. The molecule has 1 saturated heterocycles. The number of morpholine rings is 1. The van der Waals surface area contributed by atoms with Crippen molar-refractivity contribution in [2.45, 2.75) is 24.5 Å². The average molecular weight is 702 g/mol. The highest BCUT2D eigenvalue weighted by Gasteiger charge is 2.48. The van der Waals surface area contributed by atoms with Crippen LogP contribution in [0.5, 0.6) is 34.5 Å². The minimum absolute atomic E-state index is 0.411. The molecule has 1 fully saturated rings. The number of hydrogen-bond donors (Lipinski definition) is 1. The molecular formula is C43H43NO8. The number of fused-ring (bicyclic) bond motifs is 8. The summed E-state index contributed by atoms with van der Waals surface area (Å²) in [5, 5.41) is 14.5. The Morgan fingerprint density at radius 2 is 1.29 bits per heavy atom. The van der Waals surface area contributed by atoms with E-state index in [0.29, 0.717) is 48.4 Å². The lowest BCUT2D eigenvalue weighted by atomic mass is 9.79. The number of methoxy groups -OCH3 is 5. The van der Waals surface area contributed by atoms with Crippen LogP contribution in [0.1, 0.15) is 41.2 Å². The van der Waals surface area contributed by atoms with Gasteiger partial charge in [0.2, 0.25) is 0 Å². The van der Waals surface area contributed by atoms with E-state index in [1.165, 1.54) is 0 Å². The van der Waals surface area contributed by atoms with Crippen LogP contribution in [-0.2, 0) is 15.9 Å². The van der Waals surface area contributed by atoms with Gasteiger partial charge in [-0.05, 0) is 83.1 Å². The van der Waals surface area contributed by atoms with Gasteiger partial charge < -0.3 is 43.2 Å². The summed E-state index contributed by atoms with van der Waals surface area (Å²) in [6.45, 7) is 5.09. The Bertz CT molecular complexity index is 2190. The molecule has 0 bridgehead atoms. The topological polar surface area (TPSA) is 88.1 Å². The first-order valence-electron chi connectivity index (χ1n) is 17.6. The van der Waals surface area contributed by atoms with E-state index in [1.54, 1.807) is 35.5 Å². The van der Waals surface area contributed by atoms with Gasteiger partial charge in [-0.1, -0.05) is 37.3 Å². The summed E-state index contributed by atoms with van der Waals surface area (Å²) in [5.74, 6) is 3.63. The van der Waals surface area contributed by atoms with Gasteiger partial charge in [-0.15, -0.1) is 0 Å². The van der Waals surface area contributed by atoms with Gasteiger partial charge in [0, 0.05) is 46.4 Å². The minimum Gasteiger partial charge on any atom is -0.497 e. The summed E-state index contributed by atoms with van der Waals surface area (Å²) in [4.78, 5) is 2.34. The Kier molecular flexibility index (Phi) is 8.43. The van der Waals surface area contributed by atoms with E-state index < -0.39 is 11.2 Å². The molecule has 0 radical (unpaired) electrons. The van der Waals surface area contributed by atoms with Crippen molar-refractivity contribution in [1.29, 1.82) is 0 Å². The van der Waals surface area contributed by atoms with E-state index in [2.05, 4.69) is 41.3 Å². The third-order valence-corrected chi connectivity index (χ3v) is 10.9. The van der Waals surface area contributed by atoms with Crippen molar-refractivity contribution in [3.05, 3.63) is 107 Å². The van der Waals surface area contributed by atoms with Crippen LogP contribution in [0.15, 0.2) is 78.9 Å². The van der Waals surface area contributed by atoms with Gasteiger partial charge in [-0.25, -0.2) is 0 Å². The molecule has 5 aromatic rings. The second-order valence-corrected chi connectivity index (χ2v) is 13.3. The summed E-state index contributed by atoms with van der Waals surface area (Å²) in [6.07, 6.45) is 4.62. The van der Waals surface area contributed by atoms with E-state index in [4.69, 9.17) is 33.2 Å². The van der Waals surface area contributed by atoms with Crippen LogP contribution in [0.4, 0.5) is 5.69 Å². The van der Waals surface area contributed by atoms with Gasteiger partial charge in [0.15, 0.2) is 28.6 Å². The quantitative estimate of drug-likeness (QED) is 0.166. The molecule has 1 N–H and O–H groups in total. The molecule has 8 rings (SSSR count). The standard InChI is InChI=1S/C43H43NO8/c1-7-42(45)34-25-38(50-6)37(49-5)24-33(34)39-31-22-35(47-3)36(48-4)23-32(31)41-30(40(39)42)16-17-43(52-41,27-10-14-29(46-2)15-11-27)26-8-12-28(13-9-26)44-18-20-51-21-19-44/h8-17,22-25,45H,7,18-21H2,1-6H3. The number of hydrogen-bond acceptors (Lipinski definition) is 9. The molecule has 0 amide bonds. The zero-order valence-electron chi connectivity index (χ0n) is 30.4. The van der Waals surface area contributed by atoms with E-state index in [1.807, 2.05) is 55.5 Å². The van der Waals surface area contributed by atoms with Gasteiger partial charge in [0.1, 0.15) is 17.1 Å². The van der Waals surface area contributed by atoms with Crippen molar-refractivity contribution in [2.24, 2.45) is 0 Å². The van der Waals surface area contributed by atoms with Crippen molar-refractivity contribution in [3.63, 3.8) is 0 Å². The fraction of sp³-hybridized carbons (Fsp3) is 0.302. The Hall–Kier alpha value is -5.38. The van der Waals surface area contributed by atoms with Crippen molar-refractivity contribution in [3.8, 4) is 45.6 Å². The fourth-order valence-electron chi connectivity index (χ4n) is 8.16. The predicted molar refractivity (Wildman–Crippen MR) is 202 cm³/mol. The first-order chi connectivity index (χ1) is 25.3. The lowest BCUT2D eigenvalue weighted by Gasteiger charge is -2.39. The molecule has 3 aliphatic rings. The molecule has 0 aromatic heterocycles. The Morgan fingerprint density at radius 3 is 1.88 bits per heavy atom. The van der Waals surface area contributed by atoms with E-state index >= 15 is 0 Å². The maximum absolute atomic E-state index is 12.8. The molecule has 268 valence electrons. The van der Waals surface area contributed by atoms with Crippen molar-refractivity contribution < 1.29 is 38.3 Å². The zero-order chi connectivity index (χ0) is 36.2. The molecule has 0 saturated carbocycles. The van der Waals surface area contributed by atoms with Gasteiger partial charge in [0.05, 0.1) is 48.8 Å². The van der Waals surface area contributed by atoms with E-state index in [-0.39, 0.29) is 0 Å². The van der Waals surface area contributed by atoms with Crippen LogP contribution in [-0.4, -0.2) is 67.0 Å². The molecule has 9 nitrogen and oxygen atoms in total. The monoisotopic (exact) mass is 701 g/mol. The number of ether oxygens (including phenoxy) is 7. The maximum Gasteiger partial charge on any atom is 0.178 e. The van der Waals surface area contributed by atoms with Crippen LogP contribution in [0.2, 0.25) is 0 Å². The zero-order valence-corrected chi connectivity index (χ0v) is 30.4. The second-order valence-electron chi connectivity index (χ2n) is 13.3. The first kappa shape index (κ1) is 33.7. The van der Waals surface area contributed by atoms with Gasteiger partial charge in [0.25, 0.3) is 0 Å². The fourth-order valence-corrected chi connectivity index (χ4v) is 8.16. The van der Waals surface area contributed by atoms with Gasteiger partial charge in [-0.3, -0.25) is 0 Å². The summed E-state index contributed by atoms with van der Waals surface area (Å²) in [7, 11) is 8.14. The number of nitrogens with zero attached hydrogens (tertiary/aromatic N) is 1. The molecular weight excluding hydrogens is 658 g/mol. The molecule has 9 heteroatoms. The molecule has 0 spiro atoms. The summed E-state index contributed by atoms with van der Waals surface area (Å²) >= 11 is 0. The van der Waals surface area contributed by atoms with Crippen LogP contribution < -0.4 is 33.3 Å². The summed E-state index contributed by atoms with van der Waals surface area (Å²) < 4.78 is 41.8. The third kappa shape index (κ3) is 4.98. The van der Waals surface area contributed by atoms with Crippen LogP contribution in [0.3, 0.4) is 0 Å². The SMILES string of the molecule is CCC1(O)c2cc(OC)c(OC)cc2-c2c1c1c(c3cc(OC)c(OC)cc23)OC(c2ccc(OC)cc2)(c2ccc(N3CCOCC3)cc2)C=C1. The Labute approximate surface area is 303 Å². The summed E-state index contributed by atoms with van der Waals surface area (Å²) in [6, 6.07) is 24.4. The lowest BCUT2D eigenvalue weighted by molar-refractivity contribution is 0.0798. The Balaban J connectivity index is 1.41. The van der Waals surface area contributed by atoms with Gasteiger partial charge in [-0.2, -0.15) is 0 Å². The minimum atomic E-state index is -1.36. The number of aliphatic hydroxyl groups is 1. The largest absolute Gasteiger partial charge is 0.497 e. The molecule has 5 aromatic carbocycles. The highest BCUT2D eigenvalue weighted by atomic mass is 16.5. The van der Waals surface area contributed by atoms with Crippen LogP contribution in [0, 0.1) is 0 Å². The second kappa shape index (κ2) is 13.0. The highest BCUT2D eigenvalue weighted by Crippen LogP contribution is 2.60. The molecule has 2 unspecified atom stereocenters. The van der Waals surface area contributed by atoms with Crippen molar-refractivity contribution in [2.75, 3.05) is 66.8 Å². The molecule has 1 aliphatic carbocycles. The van der Waals surface area contributed by atoms with Crippen molar-refractivity contribution in [1.82, 2.24) is 0 Å². The predicted octanol–water partition coefficient (Wildman–Crippen LogP) is 7.70. The third-order valence-electron chi connectivity index (χ3n) is 10.9. The van der Waals surface area contributed by atoms with Gasteiger partial charge >= 0.3 is 0 Å². The normalized spacial score (nSPS) is 20.1.